The lowest BCUT2D eigenvalue weighted by molar-refractivity contribution is 0.808. The molecule has 3 aromatic rings. The molecular weight excluding hydrogens is 272 g/mol. The van der Waals surface area contributed by atoms with E-state index in [-0.39, 0.29) is 0 Å². The molecule has 0 spiro atoms. The van der Waals surface area contributed by atoms with Gasteiger partial charge in [-0.3, -0.25) is 0 Å². The third-order valence-electron chi connectivity index (χ3n) is 3.10. The molecular formula is C15H13ClN4. The van der Waals surface area contributed by atoms with Crippen molar-refractivity contribution in [3.63, 3.8) is 0 Å². The van der Waals surface area contributed by atoms with Gasteiger partial charge in [0.15, 0.2) is 0 Å². The fraction of sp³-hybridized carbons (Fsp3) is 0.0667. The number of nitrogens with zero attached hydrogens (tertiary/aromatic N) is 3. The Morgan fingerprint density at radius 2 is 1.90 bits per heavy atom. The smallest absolute Gasteiger partial charge is 0.0959 e. The Hall–Kier alpha value is -2.17. The Morgan fingerprint density at radius 3 is 2.60 bits per heavy atom. The van der Waals surface area contributed by atoms with Gasteiger partial charge in [-0.1, -0.05) is 47.1 Å². The second-order valence-corrected chi connectivity index (χ2v) is 4.79. The summed E-state index contributed by atoms with van der Waals surface area (Å²) in [5, 5.41) is 8.76. The van der Waals surface area contributed by atoms with E-state index in [4.69, 9.17) is 17.3 Å². The lowest BCUT2D eigenvalue weighted by Crippen LogP contribution is -2.00. The summed E-state index contributed by atoms with van der Waals surface area (Å²) in [6, 6.07) is 15.6. The Labute approximate surface area is 121 Å². The van der Waals surface area contributed by atoms with Crippen molar-refractivity contribution in [2.45, 2.75) is 6.54 Å². The highest BCUT2D eigenvalue weighted by Crippen LogP contribution is 2.29. The number of para-hydroxylation sites is 1. The predicted molar refractivity (Wildman–Crippen MR) is 79.7 cm³/mol. The molecule has 20 heavy (non-hydrogen) atoms. The van der Waals surface area contributed by atoms with E-state index in [2.05, 4.69) is 10.3 Å². The highest BCUT2D eigenvalue weighted by molar-refractivity contribution is 6.33. The van der Waals surface area contributed by atoms with E-state index in [1.807, 2.05) is 48.5 Å². The van der Waals surface area contributed by atoms with E-state index in [9.17, 15) is 0 Å². The molecule has 0 unspecified atom stereocenters. The average Bonchev–Trinajstić information content (AvgIpc) is 2.97. The van der Waals surface area contributed by atoms with Gasteiger partial charge in [0, 0.05) is 12.1 Å². The minimum Gasteiger partial charge on any atom is -0.326 e. The molecule has 2 N–H and O–H groups in total. The normalized spacial score (nSPS) is 10.7. The zero-order chi connectivity index (χ0) is 13.9. The van der Waals surface area contributed by atoms with Crippen molar-refractivity contribution in [2.75, 3.05) is 0 Å². The number of nitrogens with two attached hydrogens (primary N) is 1. The second-order valence-electron chi connectivity index (χ2n) is 4.38. The van der Waals surface area contributed by atoms with Crippen LogP contribution in [-0.4, -0.2) is 15.0 Å². The van der Waals surface area contributed by atoms with Crippen molar-refractivity contribution < 1.29 is 0 Å². The van der Waals surface area contributed by atoms with Crippen molar-refractivity contribution in [3.8, 4) is 16.9 Å². The molecule has 0 aliphatic carbocycles. The lowest BCUT2D eigenvalue weighted by Gasteiger charge is -2.08. The summed E-state index contributed by atoms with van der Waals surface area (Å²) in [6.45, 7) is 0.468. The van der Waals surface area contributed by atoms with Gasteiger partial charge in [0.1, 0.15) is 0 Å². The number of aromatic nitrogens is 3. The predicted octanol–water partition coefficient (Wildman–Crippen LogP) is 3.05. The first kappa shape index (κ1) is 12.8. The number of hydrogen-bond acceptors (Lipinski definition) is 3. The quantitative estimate of drug-likeness (QED) is 0.804. The largest absolute Gasteiger partial charge is 0.326 e. The van der Waals surface area contributed by atoms with Gasteiger partial charge in [-0.2, -0.15) is 0 Å². The van der Waals surface area contributed by atoms with E-state index in [1.165, 1.54) is 0 Å². The SMILES string of the molecule is NCc1ccc(-c2cnnn2-c2ccccc2)c(Cl)c1. The van der Waals surface area contributed by atoms with Crippen LogP contribution in [0.4, 0.5) is 0 Å². The first-order valence-electron chi connectivity index (χ1n) is 6.24. The number of rotatable bonds is 3. The van der Waals surface area contributed by atoms with Gasteiger partial charge in [0.25, 0.3) is 0 Å². The van der Waals surface area contributed by atoms with E-state index in [1.54, 1.807) is 10.9 Å². The van der Waals surface area contributed by atoms with Gasteiger partial charge in [-0.05, 0) is 23.8 Å². The van der Waals surface area contributed by atoms with Crippen molar-refractivity contribution in [1.29, 1.82) is 0 Å². The fourth-order valence-electron chi connectivity index (χ4n) is 2.07. The molecule has 3 rings (SSSR count). The maximum atomic E-state index is 6.33. The molecule has 1 heterocycles. The topological polar surface area (TPSA) is 56.7 Å². The summed E-state index contributed by atoms with van der Waals surface area (Å²) in [5.41, 5.74) is 9.30. The molecule has 5 heteroatoms. The number of benzene rings is 2. The van der Waals surface area contributed by atoms with Crippen molar-refractivity contribution in [2.24, 2.45) is 5.73 Å². The minimum absolute atomic E-state index is 0.468. The van der Waals surface area contributed by atoms with Crippen molar-refractivity contribution >= 4 is 11.6 Å². The molecule has 0 aliphatic rings. The maximum Gasteiger partial charge on any atom is 0.0959 e. The minimum atomic E-state index is 0.468. The molecule has 0 saturated heterocycles. The van der Waals surface area contributed by atoms with Crippen LogP contribution in [0, 0.1) is 0 Å². The van der Waals surface area contributed by atoms with Crippen LogP contribution in [0.1, 0.15) is 5.56 Å². The van der Waals surface area contributed by atoms with Crippen LogP contribution < -0.4 is 5.73 Å². The lowest BCUT2D eigenvalue weighted by atomic mass is 10.1. The summed E-state index contributed by atoms with van der Waals surface area (Å²) in [6.07, 6.45) is 1.70. The van der Waals surface area contributed by atoms with Crippen molar-refractivity contribution in [1.82, 2.24) is 15.0 Å². The van der Waals surface area contributed by atoms with E-state index in [0.717, 1.165) is 22.5 Å². The van der Waals surface area contributed by atoms with Crippen LogP contribution in [0.2, 0.25) is 5.02 Å². The Balaban J connectivity index is 2.11. The van der Waals surface area contributed by atoms with Crippen LogP contribution in [0.15, 0.2) is 54.7 Å². The number of hydrogen-bond donors (Lipinski definition) is 1. The molecule has 4 nitrogen and oxygen atoms in total. The first-order chi connectivity index (χ1) is 9.79. The molecule has 0 atom stereocenters. The highest BCUT2D eigenvalue weighted by atomic mass is 35.5. The van der Waals surface area contributed by atoms with Gasteiger partial charge in [-0.15, -0.1) is 5.10 Å². The Bertz CT molecular complexity index is 722. The molecule has 1 aromatic heterocycles. The summed E-state index contributed by atoms with van der Waals surface area (Å²) < 4.78 is 1.77. The third kappa shape index (κ3) is 2.31. The standard InChI is InChI=1S/C15H13ClN4/c16-14-8-11(9-17)6-7-13(14)15-10-18-19-20(15)12-4-2-1-3-5-12/h1-8,10H,9,17H2. The summed E-state index contributed by atoms with van der Waals surface area (Å²) in [4.78, 5) is 0. The van der Waals surface area contributed by atoms with Gasteiger partial charge < -0.3 is 5.73 Å². The van der Waals surface area contributed by atoms with Crippen LogP contribution in [0.25, 0.3) is 16.9 Å². The number of halogens is 1. The molecule has 0 radical (unpaired) electrons. The van der Waals surface area contributed by atoms with Crippen LogP contribution in [-0.2, 0) is 6.54 Å². The molecule has 2 aromatic carbocycles. The van der Waals surface area contributed by atoms with Crippen LogP contribution >= 0.6 is 11.6 Å². The Kier molecular flexibility index (Phi) is 3.50. The molecule has 0 bridgehead atoms. The van der Waals surface area contributed by atoms with Crippen LogP contribution in [0.3, 0.4) is 0 Å². The summed E-state index contributed by atoms with van der Waals surface area (Å²) in [5.74, 6) is 0. The third-order valence-corrected chi connectivity index (χ3v) is 3.41. The molecule has 0 saturated carbocycles. The summed E-state index contributed by atoms with van der Waals surface area (Å²) in [7, 11) is 0. The maximum absolute atomic E-state index is 6.33. The second kappa shape index (κ2) is 5.45. The average molecular weight is 285 g/mol. The van der Waals surface area contributed by atoms with Crippen molar-refractivity contribution in [3.05, 3.63) is 65.3 Å². The van der Waals surface area contributed by atoms with E-state index < -0.39 is 0 Å². The van der Waals surface area contributed by atoms with Gasteiger partial charge in [0.05, 0.1) is 22.6 Å². The highest BCUT2D eigenvalue weighted by Gasteiger charge is 2.12. The van der Waals surface area contributed by atoms with Gasteiger partial charge >= 0.3 is 0 Å². The fourth-order valence-corrected chi connectivity index (χ4v) is 2.37. The molecule has 0 amide bonds. The molecule has 100 valence electrons. The Morgan fingerprint density at radius 1 is 1.10 bits per heavy atom. The van der Waals surface area contributed by atoms with Gasteiger partial charge in [0.2, 0.25) is 0 Å². The zero-order valence-electron chi connectivity index (χ0n) is 10.7. The van der Waals surface area contributed by atoms with Gasteiger partial charge in [-0.25, -0.2) is 4.68 Å². The van der Waals surface area contributed by atoms with E-state index >= 15 is 0 Å². The summed E-state index contributed by atoms with van der Waals surface area (Å²) >= 11 is 6.33. The monoisotopic (exact) mass is 284 g/mol. The zero-order valence-corrected chi connectivity index (χ0v) is 11.5. The molecule has 0 fully saturated rings. The first-order valence-corrected chi connectivity index (χ1v) is 6.62. The molecule has 0 aliphatic heterocycles. The van der Waals surface area contributed by atoms with E-state index in [0.29, 0.717) is 11.6 Å². The van der Waals surface area contributed by atoms with Crippen LogP contribution in [0.5, 0.6) is 0 Å².